The van der Waals surface area contributed by atoms with E-state index in [9.17, 15) is 28.9 Å². The molecule has 0 aromatic carbocycles. The summed E-state index contributed by atoms with van der Waals surface area (Å²) in [5.41, 5.74) is 0. The molecule has 0 aromatic rings. The summed E-state index contributed by atoms with van der Waals surface area (Å²) in [6.45, 7) is 4.50. The molecule has 2 N–H and O–H groups in total. The third kappa shape index (κ3) is 55.7. The summed E-state index contributed by atoms with van der Waals surface area (Å²) in [5, 5.41) is 9.82. The Balaban J connectivity index is 4.73. The lowest BCUT2D eigenvalue weighted by molar-refractivity contribution is -0.161. The van der Waals surface area contributed by atoms with Crippen molar-refractivity contribution in [3.05, 3.63) is 72.9 Å². The number of aliphatic hydroxyl groups excluding tert-OH is 1. The lowest BCUT2D eigenvalue weighted by atomic mass is 10.0. The van der Waals surface area contributed by atoms with Crippen molar-refractivity contribution < 1.29 is 52.2 Å². The fourth-order valence-corrected chi connectivity index (χ4v) is 9.23. The molecule has 0 amide bonds. The smallest absolute Gasteiger partial charge is 0.462 e. The van der Waals surface area contributed by atoms with Crippen molar-refractivity contribution in [3.63, 3.8) is 0 Å². The lowest BCUT2D eigenvalue weighted by Crippen LogP contribution is -2.30. The molecule has 0 heterocycles. The van der Waals surface area contributed by atoms with E-state index in [2.05, 4.69) is 81.5 Å². The molecular formula is C64H113O11P. The number of carbonyl (C=O) groups is 3. The maximum atomic E-state index is 12.9. The first-order chi connectivity index (χ1) is 37.2. The van der Waals surface area contributed by atoms with E-state index in [1.54, 1.807) is 0 Å². The number of rotatable bonds is 57. The van der Waals surface area contributed by atoms with Gasteiger partial charge in [0.2, 0.25) is 0 Å². The molecule has 3 atom stereocenters. The topological polar surface area (TPSA) is 155 Å². The highest BCUT2D eigenvalue weighted by molar-refractivity contribution is 7.47. The summed E-state index contributed by atoms with van der Waals surface area (Å²) in [5.74, 6) is -1.52. The van der Waals surface area contributed by atoms with Crippen LogP contribution in [0.4, 0.5) is 0 Å². The molecule has 0 bridgehead atoms. The summed E-state index contributed by atoms with van der Waals surface area (Å²) in [6, 6.07) is 0. The second-order valence-electron chi connectivity index (χ2n) is 20.5. The molecule has 0 fully saturated rings. The molecule has 0 spiro atoms. The van der Waals surface area contributed by atoms with Gasteiger partial charge in [0.15, 0.2) is 6.10 Å². The molecule has 11 nitrogen and oxygen atoms in total. The van der Waals surface area contributed by atoms with Gasteiger partial charge in [-0.3, -0.25) is 23.4 Å². The number of hydrogen-bond donors (Lipinski definition) is 2. The summed E-state index contributed by atoms with van der Waals surface area (Å²) in [6.07, 6.45) is 65.8. The Kier molecular flexibility index (Phi) is 55.7. The van der Waals surface area contributed by atoms with Crippen molar-refractivity contribution in [2.75, 3.05) is 26.4 Å². The quantitative estimate of drug-likeness (QED) is 0.0197. The zero-order chi connectivity index (χ0) is 55.5. The molecule has 0 saturated carbocycles. The standard InChI is InChI=1S/C64H113O11P/c1-4-7-10-13-16-19-22-25-27-29-30-32-34-37-40-43-46-49-52-55-64(68)75-61(57-71-62(66)53-50-47-44-41-38-35-24-21-18-15-12-9-6-3)59-73-76(69,70)72-58-60(56-65)74-63(67)54-51-48-45-42-39-36-33-31-28-26-23-20-17-14-11-8-5-2/h8,11,17,20,25-28,33,36,42,45,60-61,65H,4-7,9-10,12-16,18-19,21-24,29-32,34-35,37-41,43-44,46-59H2,1-3H3,(H,69,70)/b11-8-,20-17-,27-25-,28-26-,36-33-,45-42-. The number of carbonyl (C=O) groups excluding carboxylic acids is 3. The van der Waals surface area contributed by atoms with Gasteiger partial charge in [-0.2, -0.15) is 0 Å². The normalized spacial score (nSPS) is 13.8. The molecule has 0 radical (unpaired) electrons. The Bertz CT molecular complexity index is 1550. The number of ether oxygens (including phenoxy) is 3. The van der Waals surface area contributed by atoms with Crippen LogP contribution in [0.3, 0.4) is 0 Å². The Hall–Kier alpha value is -3.08. The van der Waals surface area contributed by atoms with Gasteiger partial charge in [0.05, 0.1) is 19.8 Å². The van der Waals surface area contributed by atoms with Crippen LogP contribution < -0.4 is 0 Å². The van der Waals surface area contributed by atoms with Crippen LogP contribution in [0.25, 0.3) is 0 Å². The molecule has 0 aliphatic heterocycles. The Morgan fingerprint density at radius 2 is 0.697 bits per heavy atom. The van der Waals surface area contributed by atoms with Gasteiger partial charge in [-0.05, 0) is 83.5 Å². The summed E-state index contributed by atoms with van der Waals surface area (Å²) in [7, 11) is -4.77. The van der Waals surface area contributed by atoms with E-state index in [0.717, 1.165) is 70.6 Å². The molecule has 440 valence electrons. The van der Waals surface area contributed by atoms with Crippen LogP contribution in [0.15, 0.2) is 72.9 Å². The van der Waals surface area contributed by atoms with Gasteiger partial charge in [0, 0.05) is 19.3 Å². The Morgan fingerprint density at radius 3 is 1.12 bits per heavy atom. The highest BCUT2D eigenvalue weighted by Crippen LogP contribution is 2.43. The second-order valence-corrected chi connectivity index (χ2v) is 21.9. The SMILES string of the molecule is CC/C=C\C/C=C\C/C=C\C/C=C\C/C=C\CCCC(=O)OC(CO)COP(=O)(O)OCC(COC(=O)CCCCCCCCCCCCCCC)OC(=O)CCCCCCCCCCC/C=C\CCCCCCCC. The molecule has 0 aromatic heterocycles. The summed E-state index contributed by atoms with van der Waals surface area (Å²) in [4.78, 5) is 48.6. The lowest BCUT2D eigenvalue weighted by Gasteiger charge is -2.21. The van der Waals surface area contributed by atoms with Crippen LogP contribution in [0.1, 0.15) is 278 Å². The molecule has 0 rings (SSSR count). The molecule has 76 heavy (non-hydrogen) atoms. The molecule has 0 aliphatic carbocycles. The fraction of sp³-hybridized carbons (Fsp3) is 0.766. The number of phosphoric acid groups is 1. The van der Waals surface area contributed by atoms with Crippen molar-refractivity contribution in [1.82, 2.24) is 0 Å². The largest absolute Gasteiger partial charge is 0.472 e. The first-order valence-corrected chi connectivity index (χ1v) is 32.3. The van der Waals surface area contributed by atoms with Gasteiger partial charge in [0.1, 0.15) is 12.7 Å². The predicted octanol–water partition coefficient (Wildman–Crippen LogP) is 18.5. The van der Waals surface area contributed by atoms with E-state index < -0.39 is 57.8 Å². The van der Waals surface area contributed by atoms with Crippen molar-refractivity contribution >= 4 is 25.7 Å². The van der Waals surface area contributed by atoms with E-state index >= 15 is 0 Å². The number of phosphoric ester groups is 1. The zero-order valence-electron chi connectivity index (χ0n) is 48.7. The molecule has 0 saturated heterocycles. The highest BCUT2D eigenvalue weighted by Gasteiger charge is 2.28. The number of esters is 3. The molecule has 12 heteroatoms. The van der Waals surface area contributed by atoms with Crippen LogP contribution in [0.5, 0.6) is 0 Å². The van der Waals surface area contributed by atoms with Crippen LogP contribution in [-0.4, -0.2) is 66.5 Å². The molecule has 3 unspecified atom stereocenters. The summed E-state index contributed by atoms with van der Waals surface area (Å²) >= 11 is 0. The number of allylic oxidation sites excluding steroid dienone is 12. The van der Waals surface area contributed by atoms with Crippen LogP contribution >= 0.6 is 7.82 Å². The minimum absolute atomic E-state index is 0.0983. The number of aliphatic hydroxyl groups is 1. The van der Waals surface area contributed by atoms with E-state index in [4.69, 9.17) is 23.3 Å². The van der Waals surface area contributed by atoms with E-state index in [1.807, 2.05) is 12.2 Å². The van der Waals surface area contributed by atoms with Gasteiger partial charge in [-0.15, -0.1) is 0 Å². The maximum Gasteiger partial charge on any atom is 0.472 e. The monoisotopic (exact) mass is 1090 g/mol. The number of hydrogen-bond acceptors (Lipinski definition) is 10. The van der Waals surface area contributed by atoms with E-state index in [0.29, 0.717) is 25.7 Å². The maximum absolute atomic E-state index is 12.9. The van der Waals surface area contributed by atoms with Gasteiger partial charge in [-0.1, -0.05) is 248 Å². The van der Waals surface area contributed by atoms with Crippen LogP contribution in [0.2, 0.25) is 0 Å². The molecular weight excluding hydrogens is 976 g/mol. The van der Waals surface area contributed by atoms with Gasteiger partial charge >= 0.3 is 25.7 Å². The minimum atomic E-state index is -4.77. The van der Waals surface area contributed by atoms with Crippen molar-refractivity contribution in [2.45, 2.75) is 290 Å². The highest BCUT2D eigenvalue weighted by atomic mass is 31.2. The third-order valence-electron chi connectivity index (χ3n) is 13.1. The van der Waals surface area contributed by atoms with Gasteiger partial charge in [-0.25, -0.2) is 4.57 Å². The fourth-order valence-electron chi connectivity index (χ4n) is 8.45. The zero-order valence-corrected chi connectivity index (χ0v) is 49.6. The molecule has 0 aliphatic rings. The summed E-state index contributed by atoms with van der Waals surface area (Å²) < 4.78 is 39.6. The predicted molar refractivity (Wildman–Crippen MR) is 316 cm³/mol. The van der Waals surface area contributed by atoms with Crippen LogP contribution in [0, 0.1) is 0 Å². The Labute approximate surface area is 465 Å². The van der Waals surface area contributed by atoms with Crippen LogP contribution in [-0.2, 0) is 42.2 Å². The third-order valence-corrected chi connectivity index (χ3v) is 14.1. The van der Waals surface area contributed by atoms with Gasteiger partial charge in [0.25, 0.3) is 0 Å². The van der Waals surface area contributed by atoms with Crippen molar-refractivity contribution in [2.24, 2.45) is 0 Å². The number of unbranched alkanes of at least 4 members (excludes halogenated alkanes) is 28. The first kappa shape index (κ1) is 72.9. The Morgan fingerprint density at radius 1 is 0.382 bits per heavy atom. The average Bonchev–Trinajstić information content (AvgIpc) is 3.41. The van der Waals surface area contributed by atoms with Crippen molar-refractivity contribution in [3.8, 4) is 0 Å². The van der Waals surface area contributed by atoms with E-state index in [1.165, 1.54) is 141 Å². The van der Waals surface area contributed by atoms with Crippen molar-refractivity contribution in [1.29, 1.82) is 0 Å². The average molecular weight is 1090 g/mol. The van der Waals surface area contributed by atoms with E-state index in [-0.39, 0.29) is 25.9 Å². The first-order valence-electron chi connectivity index (χ1n) is 30.8. The second kappa shape index (κ2) is 58.1. The minimum Gasteiger partial charge on any atom is -0.462 e. The van der Waals surface area contributed by atoms with Gasteiger partial charge < -0.3 is 24.2 Å².